The molecule has 1 aromatic rings. The van der Waals surface area contributed by atoms with Gasteiger partial charge < -0.3 is 10.8 Å². The summed E-state index contributed by atoms with van der Waals surface area (Å²) in [6.45, 7) is 4.19. The third-order valence-corrected chi connectivity index (χ3v) is 2.70. The van der Waals surface area contributed by atoms with Crippen molar-refractivity contribution in [3.05, 3.63) is 34.9 Å². The van der Waals surface area contributed by atoms with Crippen LogP contribution in [0.5, 0.6) is 0 Å². The number of carbonyl (C=O) groups is 1. The Bertz CT molecular complexity index is 352. The van der Waals surface area contributed by atoms with Crippen LogP contribution in [0.15, 0.2) is 18.2 Å². The van der Waals surface area contributed by atoms with E-state index in [1.54, 1.807) is 0 Å². The van der Waals surface area contributed by atoms with Crippen LogP contribution >= 0.6 is 0 Å². The number of rotatable bonds is 5. The van der Waals surface area contributed by atoms with Gasteiger partial charge in [-0.25, -0.2) is 0 Å². The summed E-state index contributed by atoms with van der Waals surface area (Å²) in [5, 5.41) is 8.77. The lowest BCUT2D eigenvalue weighted by Crippen LogP contribution is -2.32. The predicted molar refractivity (Wildman–Crippen MR) is 64.5 cm³/mol. The smallest absolute Gasteiger partial charge is 0.320 e. The minimum Gasteiger partial charge on any atom is -0.480 e. The molecule has 3 N–H and O–H groups in total. The lowest BCUT2D eigenvalue weighted by molar-refractivity contribution is -0.138. The van der Waals surface area contributed by atoms with E-state index in [1.807, 2.05) is 12.1 Å². The van der Waals surface area contributed by atoms with Gasteiger partial charge in [0.05, 0.1) is 0 Å². The molecule has 0 aliphatic heterocycles. The van der Waals surface area contributed by atoms with Crippen LogP contribution in [0.3, 0.4) is 0 Å². The average Bonchev–Trinajstić information content (AvgIpc) is 2.28. The number of aliphatic carboxylic acids is 1. The third kappa shape index (κ3) is 3.35. The first-order valence-electron chi connectivity index (χ1n) is 5.66. The Morgan fingerprint density at radius 2 is 1.62 bits per heavy atom. The van der Waals surface area contributed by atoms with Gasteiger partial charge in [-0.05, 0) is 36.0 Å². The van der Waals surface area contributed by atoms with E-state index in [9.17, 15) is 4.79 Å². The lowest BCUT2D eigenvalue weighted by atomic mass is 9.98. The third-order valence-electron chi connectivity index (χ3n) is 2.70. The monoisotopic (exact) mass is 221 g/mol. The Balaban J connectivity index is 2.90. The van der Waals surface area contributed by atoms with Crippen LogP contribution in [-0.4, -0.2) is 17.1 Å². The molecule has 88 valence electrons. The van der Waals surface area contributed by atoms with Crippen LogP contribution in [0.4, 0.5) is 0 Å². The highest BCUT2D eigenvalue weighted by molar-refractivity contribution is 5.73. The highest BCUT2D eigenvalue weighted by Crippen LogP contribution is 2.13. The van der Waals surface area contributed by atoms with Gasteiger partial charge in [0.1, 0.15) is 6.04 Å². The van der Waals surface area contributed by atoms with Gasteiger partial charge >= 0.3 is 5.97 Å². The van der Waals surface area contributed by atoms with Gasteiger partial charge in [0.25, 0.3) is 0 Å². The van der Waals surface area contributed by atoms with E-state index < -0.39 is 12.0 Å². The van der Waals surface area contributed by atoms with Crippen molar-refractivity contribution in [3.63, 3.8) is 0 Å². The number of carboxylic acids is 1. The van der Waals surface area contributed by atoms with Crippen molar-refractivity contribution in [1.82, 2.24) is 0 Å². The molecule has 0 aliphatic rings. The van der Waals surface area contributed by atoms with E-state index in [1.165, 1.54) is 11.1 Å². The number of carboxylic acid groups (broad SMARTS) is 1. The van der Waals surface area contributed by atoms with Crippen molar-refractivity contribution < 1.29 is 9.90 Å². The van der Waals surface area contributed by atoms with Gasteiger partial charge in [-0.15, -0.1) is 0 Å². The van der Waals surface area contributed by atoms with Crippen LogP contribution in [0.2, 0.25) is 0 Å². The van der Waals surface area contributed by atoms with Crippen LogP contribution in [0.25, 0.3) is 0 Å². The maximum absolute atomic E-state index is 10.7. The molecule has 0 fully saturated rings. The highest BCUT2D eigenvalue weighted by Gasteiger charge is 2.12. The normalized spacial score (nSPS) is 12.4. The molecule has 3 nitrogen and oxygen atoms in total. The Kier molecular flexibility index (Phi) is 4.50. The second-order valence-corrected chi connectivity index (χ2v) is 4.01. The summed E-state index contributed by atoms with van der Waals surface area (Å²) in [6.07, 6.45) is 2.32. The topological polar surface area (TPSA) is 63.3 Å². The summed E-state index contributed by atoms with van der Waals surface area (Å²) in [4.78, 5) is 10.7. The average molecular weight is 221 g/mol. The second-order valence-electron chi connectivity index (χ2n) is 4.01. The molecule has 0 heterocycles. The fourth-order valence-corrected chi connectivity index (χ4v) is 1.71. The van der Waals surface area contributed by atoms with E-state index in [4.69, 9.17) is 10.8 Å². The van der Waals surface area contributed by atoms with Crippen molar-refractivity contribution in [2.45, 2.75) is 39.2 Å². The summed E-state index contributed by atoms with van der Waals surface area (Å²) in [5.74, 6) is -0.944. The zero-order valence-electron chi connectivity index (χ0n) is 9.86. The quantitative estimate of drug-likeness (QED) is 0.796. The molecule has 1 aromatic carbocycles. The summed E-state index contributed by atoms with van der Waals surface area (Å²) in [6, 6.07) is 5.44. The number of benzene rings is 1. The van der Waals surface area contributed by atoms with E-state index >= 15 is 0 Å². The minimum atomic E-state index is -0.944. The molecule has 1 atom stereocenters. The summed E-state index contributed by atoms with van der Waals surface area (Å²) in [5.41, 5.74) is 9.04. The Morgan fingerprint density at radius 1 is 1.19 bits per heavy atom. The van der Waals surface area contributed by atoms with E-state index in [0.29, 0.717) is 6.42 Å². The maximum atomic E-state index is 10.7. The van der Waals surface area contributed by atoms with Gasteiger partial charge in [0.15, 0.2) is 0 Å². The minimum absolute atomic E-state index is 0.399. The first kappa shape index (κ1) is 12.7. The second kappa shape index (κ2) is 5.66. The van der Waals surface area contributed by atoms with Crippen LogP contribution in [-0.2, 0) is 24.1 Å². The van der Waals surface area contributed by atoms with Gasteiger partial charge in [0.2, 0.25) is 0 Å². The first-order valence-corrected chi connectivity index (χ1v) is 5.66. The molecule has 0 aliphatic carbocycles. The van der Waals surface area contributed by atoms with Crippen molar-refractivity contribution in [1.29, 1.82) is 0 Å². The van der Waals surface area contributed by atoms with Crippen LogP contribution in [0.1, 0.15) is 30.5 Å². The Morgan fingerprint density at radius 3 is 2.00 bits per heavy atom. The van der Waals surface area contributed by atoms with Crippen molar-refractivity contribution in [3.8, 4) is 0 Å². The molecular weight excluding hydrogens is 202 g/mol. The SMILES string of the molecule is CCc1cc(CC)cc(CC(N)C(=O)O)c1. The van der Waals surface area contributed by atoms with Gasteiger partial charge in [-0.1, -0.05) is 32.0 Å². The van der Waals surface area contributed by atoms with Crippen molar-refractivity contribution in [2.75, 3.05) is 0 Å². The molecule has 16 heavy (non-hydrogen) atoms. The van der Waals surface area contributed by atoms with E-state index in [-0.39, 0.29) is 0 Å². The summed E-state index contributed by atoms with van der Waals surface area (Å²) >= 11 is 0. The molecule has 0 bridgehead atoms. The summed E-state index contributed by atoms with van der Waals surface area (Å²) in [7, 11) is 0. The molecular formula is C13H19NO2. The predicted octanol–water partition coefficient (Wildman–Crippen LogP) is 1.77. The largest absolute Gasteiger partial charge is 0.480 e. The number of hydrogen-bond acceptors (Lipinski definition) is 2. The van der Waals surface area contributed by atoms with E-state index in [2.05, 4.69) is 19.9 Å². The number of hydrogen-bond donors (Lipinski definition) is 2. The number of aryl methyl sites for hydroxylation is 2. The molecule has 1 unspecified atom stereocenters. The maximum Gasteiger partial charge on any atom is 0.320 e. The molecule has 0 aromatic heterocycles. The molecule has 0 saturated heterocycles. The molecule has 0 spiro atoms. The number of nitrogens with two attached hydrogens (primary N) is 1. The Labute approximate surface area is 96.3 Å². The lowest BCUT2D eigenvalue weighted by Gasteiger charge is -2.10. The van der Waals surface area contributed by atoms with Crippen LogP contribution in [0, 0.1) is 0 Å². The first-order chi connectivity index (χ1) is 7.56. The molecule has 0 amide bonds. The summed E-state index contributed by atoms with van der Waals surface area (Å²) < 4.78 is 0. The standard InChI is InChI=1S/C13H19NO2/c1-3-9-5-10(4-2)7-11(6-9)8-12(14)13(15)16/h5-7,12H,3-4,8,14H2,1-2H3,(H,15,16). The fraction of sp³-hybridized carbons (Fsp3) is 0.462. The fourth-order valence-electron chi connectivity index (χ4n) is 1.71. The van der Waals surface area contributed by atoms with Crippen LogP contribution < -0.4 is 5.73 Å². The van der Waals surface area contributed by atoms with Crippen molar-refractivity contribution in [2.24, 2.45) is 5.73 Å². The molecule has 0 radical (unpaired) electrons. The van der Waals surface area contributed by atoms with Gasteiger partial charge in [0, 0.05) is 0 Å². The van der Waals surface area contributed by atoms with Gasteiger partial charge in [-0.2, -0.15) is 0 Å². The zero-order chi connectivity index (χ0) is 12.1. The molecule has 0 saturated carbocycles. The van der Waals surface area contributed by atoms with Gasteiger partial charge in [-0.3, -0.25) is 4.79 Å². The highest BCUT2D eigenvalue weighted by atomic mass is 16.4. The zero-order valence-corrected chi connectivity index (χ0v) is 9.86. The van der Waals surface area contributed by atoms with E-state index in [0.717, 1.165) is 18.4 Å². The molecule has 1 rings (SSSR count). The Hall–Kier alpha value is -1.35. The molecule has 3 heteroatoms. The van der Waals surface area contributed by atoms with Crippen molar-refractivity contribution >= 4 is 5.97 Å².